The Morgan fingerprint density at radius 1 is 1.35 bits per heavy atom. The van der Waals surface area contributed by atoms with Crippen LogP contribution in [0.1, 0.15) is 11.7 Å². The number of nitrogens with zero attached hydrogens (tertiary/aromatic N) is 2. The zero-order valence-corrected chi connectivity index (χ0v) is 10.3. The highest BCUT2D eigenvalue weighted by Gasteiger charge is 2.25. The molecule has 4 heteroatoms. The largest absolute Gasteiger partial charge is 0.370 e. The van der Waals surface area contributed by atoms with Crippen LogP contribution in [-0.4, -0.2) is 49.6 Å². The Morgan fingerprint density at radius 2 is 2.06 bits per heavy atom. The van der Waals surface area contributed by atoms with E-state index in [2.05, 4.69) is 0 Å². The molecule has 4 nitrogen and oxygen atoms in total. The normalized spacial score (nSPS) is 20.1. The molecule has 0 N–H and O–H groups in total. The van der Waals surface area contributed by atoms with Crippen molar-refractivity contribution in [3.05, 3.63) is 35.9 Å². The molecule has 0 aliphatic carbocycles. The Bertz CT molecular complexity index is 378. The summed E-state index contributed by atoms with van der Waals surface area (Å²) in [5, 5.41) is 0. The van der Waals surface area contributed by atoms with Crippen molar-refractivity contribution >= 4 is 6.03 Å². The lowest BCUT2D eigenvalue weighted by Gasteiger charge is -2.34. The van der Waals surface area contributed by atoms with Crippen LogP contribution in [0.5, 0.6) is 0 Å². The van der Waals surface area contributed by atoms with E-state index in [4.69, 9.17) is 4.74 Å². The SMILES string of the molecule is CN(C)C(=O)N1CCO[C@@H](c2ccccc2)C1. The highest BCUT2D eigenvalue weighted by molar-refractivity contribution is 5.73. The Hall–Kier alpha value is -1.55. The Morgan fingerprint density at radius 3 is 2.71 bits per heavy atom. The number of benzene rings is 1. The average Bonchev–Trinajstić information content (AvgIpc) is 2.39. The van der Waals surface area contributed by atoms with Gasteiger partial charge < -0.3 is 14.5 Å². The van der Waals surface area contributed by atoms with E-state index in [1.165, 1.54) is 0 Å². The standard InChI is InChI=1S/C13H18N2O2/c1-14(2)13(16)15-8-9-17-12(10-15)11-6-4-3-5-7-11/h3-7,12H,8-10H2,1-2H3/t12-/m1/s1. The summed E-state index contributed by atoms with van der Waals surface area (Å²) in [7, 11) is 3.55. The number of hydrogen-bond donors (Lipinski definition) is 0. The molecular formula is C13H18N2O2. The molecule has 0 spiro atoms. The van der Waals surface area contributed by atoms with Crippen molar-refractivity contribution in [1.29, 1.82) is 0 Å². The molecule has 1 fully saturated rings. The van der Waals surface area contributed by atoms with Gasteiger partial charge in [0.2, 0.25) is 0 Å². The van der Waals surface area contributed by atoms with Gasteiger partial charge in [0.1, 0.15) is 6.10 Å². The van der Waals surface area contributed by atoms with Crippen LogP contribution in [0.15, 0.2) is 30.3 Å². The third kappa shape index (κ3) is 2.77. The molecule has 1 aliphatic rings. The van der Waals surface area contributed by atoms with Crippen LogP contribution >= 0.6 is 0 Å². The second-order valence-corrected chi connectivity index (χ2v) is 4.39. The van der Waals surface area contributed by atoms with Gasteiger partial charge in [0.15, 0.2) is 0 Å². The summed E-state index contributed by atoms with van der Waals surface area (Å²) in [6, 6.07) is 10.1. The molecule has 2 rings (SSSR count). The summed E-state index contributed by atoms with van der Waals surface area (Å²) in [6.07, 6.45) is -0.00569. The number of ether oxygens (including phenoxy) is 1. The fraction of sp³-hybridized carbons (Fsp3) is 0.462. The van der Waals surface area contributed by atoms with Crippen LogP contribution in [0.4, 0.5) is 4.79 Å². The van der Waals surface area contributed by atoms with E-state index < -0.39 is 0 Å². The highest BCUT2D eigenvalue weighted by Crippen LogP contribution is 2.22. The van der Waals surface area contributed by atoms with Crippen molar-refractivity contribution in [1.82, 2.24) is 9.80 Å². The van der Waals surface area contributed by atoms with Gasteiger partial charge in [0.05, 0.1) is 13.2 Å². The maximum atomic E-state index is 11.9. The summed E-state index contributed by atoms with van der Waals surface area (Å²) in [5.41, 5.74) is 1.13. The molecule has 1 aliphatic heterocycles. The number of rotatable bonds is 1. The molecule has 0 aromatic heterocycles. The van der Waals surface area contributed by atoms with Crippen molar-refractivity contribution in [2.75, 3.05) is 33.8 Å². The number of morpholine rings is 1. The maximum absolute atomic E-state index is 11.9. The first-order valence-electron chi connectivity index (χ1n) is 5.81. The molecule has 1 aromatic carbocycles. The van der Waals surface area contributed by atoms with E-state index in [9.17, 15) is 4.79 Å². The first kappa shape index (κ1) is 11.9. The van der Waals surface area contributed by atoms with Gasteiger partial charge in [-0.1, -0.05) is 30.3 Å². The van der Waals surface area contributed by atoms with Crippen LogP contribution in [0.25, 0.3) is 0 Å². The molecule has 1 heterocycles. The summed E-state index contributed by atoms with van der Waals surface area (Å²) >= 11 is 0. The quantitative estimate of drug-likeness (QED) is 0.741. The second kappa shape index (κ2) is 5.19. The van der Waals surface area contributed by atoms with Crippen molar-refractivity contribution in [3.63, 3.8) is 0 Å². The molecule has 1 atom stereocenters. The number of carbonyl (C=O) groups excluding carboxylic acids is 1. The lowest BCUT2D eigenvalue weighted by Crippen LogP contribution is -2.46. The molecule has 0 bridgehead atoms. The first-order chi connectivity index (χ1) is 8.18. The van der Waals surface area contributed by atoms with Crippen LogP contribution in [0, 0.1) is 0 Å². The lowest BCUT2D eigenvalue weighted by molar-refractivity contribution is -0.0188. The van der Waals surface area contributed by atoms with Crippen LogP contribution in [-0.2, 0) is 4.74 Å². The van der Waals surface area contributed by atoms with E-state index in [1.807, 2.05) is 35.2 Å². The van der Waals surface area contributed by atoms with E-state index >= 15 is 0 Å². The lowest BCUT2D eigenvalue weighted by atomic mass is 10.1. The minimum Gasteiger partial charge on any atom is -0.370 e. The number of carbonyl (C=O) groups is 1. The molecule has 1 saturated heterocycles. The Labute approximate surface area is 102 Å². The molecule has 0 radical (unpaired) electrons. The molecule has 17 heavy (non-hydrogen) atoms. The van der Waals surface area contributed by atoms with Gasteiger partial charge in [-0.3, -0.25) is 0 Å². The highest BCUT2D eigenvalue weighted by atomic mass is 16.5. The van der Waals surface area contributed by atoms with Gasteiger partial charge >= 0.3 is 6.03 Å². The van der Waals surface area contributed by atoms with Gasteiger partial charge in [-0.25, -0.2) is 4.79 Å². The van der Waals surface area contributed by atoms with E-state index in [0.29, 0.717) is 19.7 Å². The van der Waals surface area contributed by atoms with Crippen molar-refractivity contribution < 1.29 is 9.53 Å². The predicted molar refractivity (Wildman–Crippen MR) is 65.8 cm³/mol. The third-order valence-electron chi connectivity index (χ3n) is 2.89. The van der Waals surface area contributed by atoms with Crippen molar-refractivity contribution in [2.45, 2.75) is 6.10 Å². The predicted octanol–water partition coefficient (Wildman–Crippen LogP) is 1.74. The van der Waals surface area contributed by atoms with Crippen LogP contribution in [0.2, 0.25) is 0 Å². The summed E-state index contributed by atoms with van der Waals surface area (Å²) in [5.74, 6) is 0. The Balaban J connectivity index is 2.05. The molecule has 0 saturated carbocycles. The van der Waals surface area contributed by atoms with E-state index in [0.717, 1.165) is 5.56 Å². The summed E-state index contributed by atoms with van der Waals surface area (Å²) in [6.45, 7) is 1.89. The van der Waals surface area contributed by atoms with Crippen LogP contribution in [0.3, 0.4) is 0 Å². The average molecular weight is 234 g/mol. The summed E-state index contributed by atoms with van der Waals surface area (Å²) < 4.78 is 5.71. The smallest absolute Gasteiger partial charge is 0.319 e. The molecule has 0 unspecified atom stereocenters. The molecule has 2 amide bonds. The zero-order valence-electron chi connectivity index (χ0n) is 10.3. The fourth-order valence-corrected chi connectivity index (χ4v) is 1.98. The Kier molecular flexibility index (Phi) is 3.64. The van der Waals surface area contributed by atoms with Gasteiger partial charge in [-0.15, -0.1) is 0 Å². The van der Waals surface area contributed by atoms with Crippen LogP contribution < -0.4 is 0 Å². The number of amides is 2. The van der Waals surface area contributed by atoms with Crippen molar-refractivity contribution in [2.24, 2.45) is 0 Å². The van der Waals surface area contributed by atoms with Gasteiger partial charge in [0.25, 0.3) is 0 Å². The number of hydrogen-bond acceptors (Lipinski definition) is 2. The monoisotopic (exact) mass is 234 g/mol. The topological polar surface area (TPSA) is 32.8 Å². The third-order valence-corrected chi connectivity index (χ3v) is 2.89. The molecule has 92 valence electrons. The fourth-order valence-electron chi connectivity index (χ4n) is 1.98. The summed E-state index contributed by atoms with van der Waals surface area (Å²) in [4.78, 5) is 15.3. The van der Waals surface area contributed by atoms with Gasteiger partial charge in [0, 0.05) is 20.6 Å². The molecular weight excluding hydrogens is 216 g/mol. The molecule has 1 aromatic rings. The maximum Gasteiger partial charge on any atom is 0.319 e. The minimum absolute atomic E-state index is 0.00569. The van der Waals surface area contributed by atoms with Gasteiger partial charge in [-0.2, -0.15) is 0 Å². The number of urea groups is 1. The second-order valence-electron chi connectivity index (χ2n) is 4.39. The van der Waals surface area contributed by atoms with Gasteiger partial charge in [-0.05, 0) is 5.56 Å². The van der Waals surface area contributed by atoms with E-state index in [-0.39, 0.29) is 12.1 Å². The van der Waals surface area contributed by atoms with E-state index in [1.54, 1.807) is 19.0 Å². The van der Waals surface area contributed by atoms with Crippen molar-refractivity contribution in [3.8, 4) is 0 Å². The first-order valence-corrected chi connectivity index (χ1v) is 5.81. The minimum atomic E-state index is -0.00569. The zero-order chi connectivity index (χ0) is 12.3.